The fraction of sp³-hybridized carbons (Fsp3) is 0.0714. The number of hydrogen-bond acceptors (Lipinski definition) is 7. The van der Waals surface area contributed by atoms with Crippen LogP contribution < -0.4 is 5.32 Å². The zero-order valence-corrected chi connectivity index (χ0v) is 11.7. The molecule has 2 aromatic heterocycles. The number of nitrogens with zero attached hydrogens (tertiary/aromatic N) is 5. The van der Waals surface area contributed by atoms with Crippen LogP contribution in [0.2, 0.25) is 0 Å². The number of nitriles is 1. The molecule has 7 heteroatoms. The third kappa shape index (κ3) is 3.19. The summed E-state index contributed by atoms with van der Waals surface area (Å²) in [5.41, 5.74) is 1.35. The molecule has 0 saturated heterocycles. The quantitative estimate of drug-likeness (QED) is 0.795. The van der Waals surface area contributed by atoms with Crippen molar-refractivity contribution in [1.29, 1.82) is 5.26 Å². The molecule has 0 aliphatic carbocycles. The summed E-state index contributed by atoms with van der Waals surface area (Å²) in [6, 6.07) is 15.2. The van der Waals surface area contributed by atoms with Gasteiger partial charge in [0.2, 0.25) is 0 Å². The van der Waals surface area contributed by atoms with Crippen molar-refractivity contribution >= 4 is 17.2 Å². The van der Waals surface area contributed by atoms with Crippen molar-refractivity contribution in [2.24, 2.45) is 0 Å². The molecule has 0 spiro atoms. The van der Waals surface area contributed by atoms with Crippen molar-refractivity contribution in [3.05, 3.63) is 53.2 Å². The minimum absolute atomic E-state index is 0.294. The minimum Gasteiger partial charge on any atom is -0.362 e. The summed E-state index contributed by atoms with van der Waals surface area (Å²) in [5.74, 6) is 0.602. The van der Waals surface area contributed by atoms with E-state index in [4.69, 9.17) is 5.26 Å². The Bertz CT molecular complexity index is 760. The van der Waals surface area contributed by atoms with Gasteiger partial charge in [-0.25, -0.2) is 0 Å². The zero-order chi connectivity index (χ0) is 14.5. The van der Waals surface area contributed by atoms with Crippen LogP contribution in [0.5, 0.6) is 0 Å². The summed E-state index contributed by atoms with van der Waals surface area (Å²) in [6.07, 6.45) is 0. The molecule has 0 aliphatic heterocycles. The normalized spacial score (nSPS) is 10.0. The highest BCUT2D eigenvalue weighted by Gasteiger charge is 2.06. The first-order valence-electron chi connectivity index (χ1n) is 6.20. The molecule has 3 rings (SSSR count). The van der Waals surface area contributed by atoms with Crippen LogP contribution in [-0.4, -0.2) is 20.4 Å². The molecule has 2 heterocycles. The summed E-state index contributed by atoms with van der Waals surface area (Å²) < 4.78 is 0. The maximum absolute atomic E-state index is 8.66. The maximum atomic E-state index is 8.66. The Morgan fingerprint density at radius 1 is 1.00 bits per heavy atom. The van der Waals surface area contributed by atoms with Crippen LogP contribution in [0, 0.1) is 11.3 Å². The molecule has 21 heavy (non-hydrogen) atoms. The van der Waals surface area contributed by atoms with Gasteiger partial charge >= 0.3 is 0 Å². The second kappa shape index (κ2) is 6.07. The van der Waals surface area contributed by atoms with Gasteiger partial charge in [0, 0.05) is 5.56 Å². The van der Waals surface area contributed by atoms with E-state index in [1.807, 2.05) is 36.4 Å². The van der Waals surface area contributed by atoms with E-state index in [1.165, 1.54) is 11.3 Å². The van der Waals surface area contributed by atoms with Gasteiger partial charge in [-0.1, -0.05) is 41.7 Å². The number of nitrogens with one attached hydrogen (secondary N) is 1. The topological polar surface area (TPSA) is 87.4 Å². The Morgan fingerprint density at radius 3 is 2.57 bits per heavy atom. The van der Waals surface area contributed by atoms with E-state index in [0.717, 1.165) is 15.6 Å². The smallest absolute Gasteiger partial charge is 0.163 e. The highest BCUT2D eigenvalue weighted by atomic mass is 32.1. The Balaban J connectivity index is 1.66. The van der Waals surface area contributed by atoms with Gasteiger partial charge in [0.25, 0.3) is 0 Å². The van der Waals surface area contributed by atoms with Crippen LogP contribution in [0.25, 0.3) is 10.6 Å². The molecular weight excluding hydrogens is 284 g/mol. The summed E-state index contributed by atoms with van der Waals surface area (Å²) in [5, 5.41) is 29.5. The molecule has 0 radical (unpaired) electrons. The third-order valence-corrected chi connectivity index (χ3v) is 3.66. The van der Waals surface area contributed by atoms with E-state index in [-0.39, 0.29) is 0 Å². The summed E-state index contributed by atoms with van der Waals surface area (Å²) >= 11 is 1.53. The molecule has 6 nitrogen and oxygen atoms in total. The number of anilines is 1. The van der Waals surface area contributed by atoms with E-state index in [1.54, 1.807) is 12.1 Å². The molecule has 0 amide bonds. The van der Waals surface area contributed by atoms with Gasteiger partial charge < -0.3 is 5.32 Å². The molecule has 0 saturated carbocycles. The second-order valence-electron chi connectivity index (χ2n) is 4.14. The van der Waals surface area contributed by atoms with Gasteiger partial charge in [-0.05, 0) is 12.1 Å². The van der Waals surface area contributed by atoms with Crippen LogP contribution in [0.1, 0.15) is 10.7 Å². The molecule has 0 fully saturated rings. The number of benzene rings is 1. The lowest BCUT2D eigenvalue weighted by molar-refractivity contribution is 0.955. The highest BCUT2D eigenvalue weighted by Crippen LogP contribution is 2.23. The predicted octanol–water partition coefficient (Wildman–Crippen LogP) is 2.48. The van der Waals surface area contributed by atoms with Gasteiger partial charge in [-0.3, -0.25) is 0 Å². The van der Waals surface area contributed by atoms with Crippen molar-refractivity contribution in [3.63, 3.8) is 0 Å². The van der Waals surface area contributed by atoms with Crippen LogP contribution in [-0.2, 0) is 6.54 Å². The Labute approximate surface area is 125 Å². The van der Waals surface area contributed by atoms with E-state index in [2.05, 4.69) is 25.7 Å². The summed E-state index contributed by atoms with van der Waals surface area (Å²) in [4.78, 5) is 0. The van der Waals surface area contributed by atoms with Crippen LogP contribution in [0.15, 0.2) is 42.5 Å². The zero-order valence-electron chi connectivity index (χ0n) is 10.9. The standard InChI is InChI=1S/C14H10N6S/c15-8-11-6-7-12(18-17-11)16-9-13-19-20-14(21-13)10-4-2-1-3-5-10/h1-7H,9H2,(H,16,18). The van der Waals surface area contributed by atoms with E-state index in [0.29, 0.717) is 18.1 Å². The van der Waals surface area contributed by atoms with Crippen molar-refractivity contribution in [1.82, 2.24) is 20.4 Å². The fourth-order valence-corrected chi connectivity index (χ4v) is 2.46. The van der Waals surface area contributed by atoms with Gasteiger partial charge in [0.15, 0.2) is 5.69 Å². The van der Waals surface area contributed by atoms with Gasteiger partial charge in [-0.15, -0.1) is 20.4 Å². The fourth-order valence-electron chi connectivity index (χ4n) is 1.67. The Morgan fingerprint density at radius 2 is 1.86 bits per heavy atom. The molecule has 1 aromatic carbocycles. The third-order valence-electron chi connectivity index (χ3n) is 2.69. The molecule has 0 unspecified atom stereocenters. The van der Waals surface area contributed by atoms with Crippen LogP contribution in [0.4, 0.5) is 5.82 Å². The van der Waals surface area contributed by atoms with Crippen molar-refractivity contribution in [3.8, 4) is 16.6 Å². The Kier molecular flexibility index (Phi) is 3.80. The lowest BCUT2D eigenvalue weighted by Gasteiger charge is -2.00. The maximum Gasteiger partial charge on any atom is 0.163 e. The predicted molar refractivity (Wildman–Crippen MR) is 79.4 cm³/mol. The molecule has 0 aliphatic rings. The van der Waals surface area contributed by atoms with Gasteiger partial charge in [-0.2, -0.15) is 5.26 Å². The first-order chi connectivity index (χ1) is 10.3. The molecule has 1 N–H and O–H groups in total. The molecular formula is C14H10N6S. The lowest BCUT2D eigenvalue weighted by Crippen LogP contribution is -2.02. The largest absolute Gasteiger partial charge is 0.362 e. The van der Waals surface area contributed by atoms with E-state index < -0.39 is 0 Å². The number of hydrogen-bond donors (Lipinski definition) is 1. The van der Waals surface area contributed by atoms with Crippen LogP contribution >= 0.6 is 11.3 Å². The first-order valence-corrected chi connectivity index (χ1v) is 7.02. The number of rotatable bonds is 4. The summed E-state index contributed by atoms with van der Waals surface area (Å²) in [6.45, 7) is 0.519. The molecule has 0 atom stereocenters. The SMILES string of the molecule is N#Cc1ccc(NCc2nnc(-c3ccccc3)s2)nn1. The van der Waals surface area contributed by atoms with E-state index >= 15 is 0 Å². The molecule has 102 valence electrons. The van der Waals surface area contributed by atoms with Crippen molar-refractivity contribution in [2.45, 2.75) is 6.54 Å². The van der Waals surface area contributed by atoms with E-state index in [9.17, 15) is 0 Å². The second-order valence-corrected chi connectivity index (χ2v) is 5.20. The molecule has 3 aromatic rings. The number of aromatic nitrogens is 4. The van der Waals surface area contributed by atoms with Gasteiger partial charge in [0.1, 0.15) is 21.9 Å². The Hall–Kier alpha value is -2.85. The minimum atomic E-state index is 0.294. The highest BCUT2D eigenvalue weighted by molar-refractivity contribution is 7.14. The average molecular weight is 294 g/mol. The van der Waals surface area contributed by atoms with Crippen LogP contribution in [0.3, 0.4) is 0 Å². The monoisotopic (exact) mass is 294 g/mol. The van der Waals surface area contributed by atoms with Crippen molar-refractivity contribution < 1.29 is 0 Å². The van der Waals surface area contributed by atoms with Crippen molar-refractivity contribution in [2.75, 3.05) is 5.32 Å². The average Bonchev–Trinajstić information content (AvgIpc) is 3.03. The molecule has 0 bridgehead atoms. The summed E-state index contributed by atoms with van der Waals surface area (Å²) in [7, 11) is 0. The lowest BCUT2D eigenvalue weighted by atomic mass is 10.2. The first kappa shape index (κ1) is 13.1. The van der Waals surface area contributed by atoms with Gasteiger partial charge in [0.05, 0.1) is 6.54 Å².